The van der Waals surface area contributed by atoms with Crippen molar-refractivity contribution in [3.63, 3.8) is 0 Å². The van der Waals surface area contributed by atoms with Crippen LogP contribution in [0.1, 0.15) is 41.4 Å². The fraction of sp³-hybridized carbons (Fsp3) is 0.105. The van der Waals surface area contributed by atoms with E-state index < -0.39 is 23.9 Å². The van der Waals surface area contributed by atoms with Crippen molar-refractivity contribution in [2.24, 2.45) is 0 Å². The molecule has 276 valence electrons. The molecule has 0 aliphatic carbocycles. The summed E-state index contributed by atoms with van der Waals surface area (Å²) in [6, 6.07) is 29.1. The Labute approximate surface area is 346 Å². The van der Waals surface area contributed by atoms with Crippen LogP contribution >= 0.6 is 94.1 Å². The van der Waals surface area contributed by atoms with Gasteiger partial charge in [-0.15, -0.1) is 0 Å². The normalized spacial score (nSPS) is 14.0. The molecule has 0 unspecified atom stereocenters. The van der Waals surface area contributed by atoms with E-state index >= 15 is 0 Å². The van der Waals surface area contributed by atoms with Crippen LogP contribution in [0.3, 0.4) is 0 Å². The molecule has 0 saturated heterocycles. The molecule has 0 fully saturated rings. The van der Waals surface area contributed by atoms with E-state index in [1.807, 2.05) is 48.5 Å². The number of esters is 4. The van der Waals surface area contributed by atoms with Gasteiger partial charge in [0.1, 0.15) is 0 Å². The summed E-state index contributed by atoms with van der Waals surface area (Å²) in [5.41, 5.74) is 1.78. The average Bonchev–Trinajstić information content (AvgIpc) is 3.80. The summed E-state index contributed by atoms with van der Waals surface area (Å²) < 4.78 is 26.0. The highest BCUT2D eigenvalue weighted by Crippen LogP contribution is 2.68. The van der Waals surface area contributed by atoms with Gasteiger partial charge < -0.3 is 18.9 Å². The van der Waals surface area contributed by atoms with Crippen molar-refractivity contribution in [1.29, 1.82) is 0 Å². The third-order valence-corrected chi connectivity index (χ3v) is 18.8. The summed E-state index contributed by atoms with van der Waals surface area (Å²) in [5.74, 6) is -1.75. The van der Waals surface area contributed by atoms with E-state index in [0.717, 1.165) is 45.0 Å². The first kappa shape index (κ1) is 40.4. The van der Waals surface area contributed by atoms with Crippen LogP contribution < -0.4 is 0 Å². The van der Waals surface area contributed by atoms with Crippen LogP contribution in [0.2, 0.25) is 0 Å². The van der Waals surface area contributed by atoms with E-state index in [2.05, 4.69) is 0 Å². The molecule has 6 rings (SSSR count). The summed E-state index contributed by atoms with van der Waals surface area (Å²) in [6.07, 6.45) is 0. The van der Waals surface area contributed by atoms with Gasteiger partial charge in [-0.25, -0.2) is 19.2 Å². The van der Waals surface area contributed by atoms with E-state index in [4.69, 9.17) is 18.9 Å². The number of carbonyl (C=O) groups excluding carboxylic acids is 4. The highest BCUT2D eigenvalue weighted by atomic mass is 32.3. The first-order chi connectivity index (χ1) is 26.2. The molecule has 0 N–H and O–H groups in total. The van der Waals surface area contributed by atoms with Gasteiger partial charge in [0.05, 0.1) is 76.1 Å². The van der Waals surface area contributed by atoms with Crippen LogP contribution in [0.25, 0.3) is 0 Å². The average molecular weight is 869 g/mol. The predicted octanol–water partition coefficient (Wildman–Crippen LogP) is 11.6. The van der Waals surface area contributed by atoms with E-state index in [1.54, 1.807) is 95.6 Å². The number of methoxy groups -OCH3 is 4. The summed E-state index contributed by atoms with van der Waals surface area (Å²) >= 11 is 12.1. The number of rotatable bonds is 12. The lowest BCUT2D eigenvalue weighted by Crippen LogP contribution is -2.03. The van der Waals surface area contributed by atoms with Crippen molar-refractivity contribution in [3.8, 4) is 0 Å². The summed E-state index contributed by atoms with van der Waals surface area (Å²) in [6.45, 7) is 0. The lowest BCUT2D eigenvalue weighted by molar-refractivity contribution is 0.0588. The molecule has 4 aromatic rings. The lowest BCUT2D eigenvalue weighted by atomic mass is 10.2. The van der Waals surface area contributed by atoms with Crippen LogP contribution in [0.5, 0.6) is 0 Å². The van der Waals surface area contributed by atoms with E-state index in [-0.39, 0.29) is 0 Å². The minimum atomic E-state index is -0.438. The molecule has 54 heavy (non-hydrogen) atoms. The fourth-order valence-electron chi connectivity index (χ4n) is 4.70. The highest BCUT2D eigenvalue weighted by molar-refractivity contribution is 8.45. The predicted molar refractivity (Wildman–Crippen MR) is 226 cm³/mol. The van der Waals surface area contributed by atoms with Gasteiger partial charge in [-0.05, 0) is 48.5 Å². The van der Waals surface area contributed by atoms with Crippen molar-refractivity contribution in [2.75, 3.05) is 28.4 Å². The van der Waals surface area contributed by atoms with Gasteiger partial charge in [0, 0.05) is 19.6 Å². The Hall–Kier alpha value is -3.22. The van der Waals surface area contributed by atoms with Gasteiger partial charge in [0.15, 0.2) is 0 Å². The Bertz CT molecular complexity index is 1930. The molecule has 0 bridgehead atoms. The zero-order valence-corrected chi connectivity index (χ0v) is 35.3. The maximum Gasteiger partial charge on any atom is 0.339 e. The molecule has 2 heterocycles. The number of thioether (sulfide) groups is 8. The van der Waals surface area contributed by atoms with Gasteiger partial charge in [-0.2, -0.15) is 0 Å². The molecule has 8 nitrogen and oxygen atoms in total. The van der Waals surface area contributed by atoms with Gasteiger partial charge >= 0.3 is 23.9 Å². The van der Waals surface area contributed by atoms with Crippen LogP contribution in [-0.2, 0) is 18.9 Å². The number of carbonyl (C=O) groups is 4. The van der Waals surface area contributed by atoms with Crippen molar-refractivity contribution < 1.29 is 38.1 Å². The molecule has 0 radical (unpaired) electrons. The third-order valence-electron chi connectivity index (χ3n) is 7.22. The molecule has 0 saturated carbocycles. The van der Waals surface area contributed by atoms with Gasteiger partial charge in [-0.3, -0.25) is 0 Å². The summed E-state index contributed by atoms with van der Waals surface area (Å²) in [5, 5.41) is 0. The quantitative estimate of drug-likeness (QED) is 0.0995. The molecule has 2 aliphatic heterocycles. The van der Waals surface area contributed by atoms with Gasteiger partial charge in [-0.1, -0.05) is 143 Å². The Morgan fingerprint density at radius 1 is 0.370 bits per heavy atom. The minimum Gasteiger partial charge on any atom is -0.465 e. The second kappa shape index (κ2) is 19.1. The van der Waals surface area contributed by atoms with Crippen LogP contribution in [0.15, 0.2) is 142 Å². The monoisotopic (exact) mass is 868 g/mol. The smallest absolute Gasteiger partial charge is 0.339 e. The fourth-order valence-corrected chi connectivity index (χ4v) is 16.5. The number of hydrogen-bond donors (Lipinski definition) is 0. The van der Waals surface area contributed by atoms with Gasteiger partial charge in [0.2, 0.25) is 0 Å². The van der Waals surface area contributed by atoms with Crippen LogP contribution in [0.4, 0.5) is 0 Å². The molecule has 2 aliphatic rings. The molecule has 0 spiro atoms. The van der Waals surface area contributed by atoms with Crippen molar-refractivity contribution in [3.05, 3.63) is 145 Å². The van der Waals surface area contributed by atoms with Crippen molar-refractivity contribution in [2.45, 2.75) is 19.6 Å². The summed E-state index contributed by atoms with van der Waals surface area (Å²) in [4.78, 5) is 53.9. The number of benzene rings is 4. The van der Waals surface area contributed by atoms with Crippen molar-refractivity contribution >= 4 is 118 Å². The molecular formula is C38H28O8S8. The second-order valence-electron chi connectivity index (χ2n) is 10.5. The Kier molecular flexibility index (Phi) is 14.3. The first-order valence-electron chi connectivity index (χ1n) is 15.6. The van der Waals surface area contributed by atoms with Gasteiger partial charge in [0.25, 0.3) is 0 Å². The minimum absolute atomic E-state index is 0.438. The second-order valence-corrected chi connectivity index (χ2v) is 20.3. The zero-order chi connectivity index (χ0) is 38.2. The summed E-state index contributed by atoms with van der Waals surface area (Å²) in [7, 11) is 5.43. The largest absolute Gasteiger partial charge is 0.465 e. The molecule has 0 aromatic heterocycles. The zero-order valence-electron chi connectivity index (χ0n) is 28.8. The maximum atomic E-state index is 12.7. The molecular weight excluding hydrogens is 841 g/mol. The van der Waals surface area contributed by atoms with E-state index in [1.165, 1.54) is 75.5 Å². The van der Waals surface area contributed by atoms with Crippen LogP contribution in [0, 0.1) is 0 Å². The Morgan fingerprint density at radius 3 is 0.778 bits per heavy atom. The van der Waals surface area contributed by atoms with E-state index in [0.29, 0.717) is 22.3 Å². The number of ether oxygens (including phenoxy) is 4. The number of hydrogen-bond acceptors (Lipinski definition) is 16. The molecule has 4 aromatic carbocycles. The molecule has 16 heteroatoms. The lowest BCUT2D eigenvalue weighted by Gasteiger charge is -2.10. The van der Waals surface area contributed by atoms with E-state index in [9.17, 15) is 19.2 Å². The molecule has 0 atom stereocenters. The van der Waals surface area contributed by atoms with Crippen LogP contribution in [-0.4, -0.2) is 52.3 Å². The first-order valence-corrected chi connectivity index (χ1v) is 22.1. The third kappa shape index (κ3) is 9.41. The topological polar surface area (TPSA) is 105 Å². The standard InChI is InChI=1S/C38H28O8S8/c1-43-29(39)21-13-5-9-17-25(21)47-33-34(48-26-18-10-6-14-22(26)30(40)44-2)52-37(51-33)38-53-35(49-27-19-11-7-15-23(27)31(41)45-3)36(54-38)50-28-20-12-8-16-24(28)32(42)46-4/h5-20H,1-4H3. The SMILES string of the molecule is COC(=O)c1ccccc1SC1=C(Sc2ccccc2C(=O)OC)SC(=C2SC(Sc3ccccc3C(=O)OC)=C(Sc3ccccc3C(=O)OC)S2)S1. The maximum absolute atomic E-state index is 12.7. The Morgan fingerprint density at radius 2 is 0.574 bits per heavy atom. The highest BCUT2D eigenvalue weighted by Gasteiger charge is 2.34. The molecule has 0 amide bonds. The Balaban J connectivity index is 1.40. The van der Waals surface area contributed by atoms with Crippen molar-refractivity contribution in [1.82, 2.24) is 0 Å².